The van der Waals surface area contributed by atoms with E-state index in [-0.39, 0.29) is 17.9 Å². The summed E-state index contributed by atoms with van der Waals surface area (Å²) in [4.78, 5) is 16.6. The van der Waals surface area contributed by atoms with Crippen molar-refractivity contribution >= 4 is 17.2 Å². The molecule has 4 rings (SSSR count). The van der Waals surface area contributed by atoms with Gasteiger partial charge in [-0.25, -0.2) is 9.37 Å². The topological polar surface area (TPSA) is 60.4 Å². The molecule has 0 amide bonds. The Morgan fingerprint density at radius 3 is 2.59 bits per heavy atom. The number of nitrogens with two attached hydrogens (primary N) is 1. The van der Waals surface area contributed by atoms with Gasteiger partial charge in [-0.3, -0.25) is 9.20 Å². The van der Waals surface area contributed by atoms with Crippen molar-refractivity contribution in [3.8, 4) is 11.1 Å². The molecule has 2 aromatic heterocycles. The second-order valence-electron chi connectivity index (χ2n) is 6.74. The zero-order valence-electron chi connectivity index (χ0n) is 14.2. The molecular weight excluding hydrogens is 362 g/mol. The van der Waals surface area contributed by atoms with Gasteiger partial charge in [0.1, 0.15) is 17.5 Å². The van der Waals surface area contributed by atoms with Gasteiger partial charge in [0.15, 0.2) is 11.6 Å². The molecule has 27 heavy (non-hydrogen) atoms. The largest absolute Gasteiger partial charge is 0.416 e. The molecule has 0 aliphatic heterocycles. The first-order chi connectivity index (χ1) is 12.7. The summed E-state index contributed by atoms with van der Waals surface area (Å²) in [6, 6.07) is 6.68. The third-order valence-corrected chi connectivity index (χ3v) is 4.80. The summed E-state index contributed by atoms with van der Waals surface area (Å²) >= 11 is 0. The minimum absolute atomic E-state index is 0.0167. The molecule has 1 aliphatic carbocycles. The summed E-state index contributed by atoms with van der Waals surface area (Å²) in [6.07, 6.45) is -3.98. The zero-order valence-corrected chi connectivity index (χ0v) is 14.2. The summed E-state index contributed by atoms with van der Waals surface area (Å²) in [6.45, 7) is 1.70. The highest BCUT2D eigenvalue weighted by molar-refractivity contribution is 6.03. The number of pyridine rings is 1. The maximum Gasteiger partial charge on any atom is 0.416 e. The van der Waals surface area contributed by atoms with Gasteiger partial charge in [0, 0.05) is 6.20 Å². The van der Waals surface area contributed by atoms with Gasteiger partial charge in [0.05, 0.1) is 11.5 Å². The predicted octanol–water partition coefficient (Wildman–Crippen LogP) is 4.45. The fourth-order valence-corrected chi connectivity index (χ4v) is 3.19. The number of nitrogen functional groups attached to an aromatic ring is 1. The van der Waals surface area contributed by atoms with E-state index in [1.807, 2.05) is 0 Å². The van der Waals surface area contributed by atoms with E-state index in [1.54, 1.807) is 19.1 Å². The molecule has 0 bridgehead atoms. The van der Waals surface area contributed by atoms with E-state index in [2.05, 4.69) is 4.98 Å². The van der Waals surface area contributed by atoms with Gasteiger partial charge < -0.3 is 5.73 Å². The summed E-state index contributed by atoms with van der Waals surface area (Å²) < 4.78 is 53.9. The quantitative estimate of drug-likeness (QED) is 0.542. The molecule has 1 saturated carbocycles. The van der Waals surface area contributed by atoms with Crippen molar-refractivity contribution in [2.45, 2.75) is 25.7 Å². The molecule has 1 aromatic carbocycles. The van der Waals surface area contributed by atoms with Crippen LogP contribution in [-0.2, 0) is 6.18 Å². The first-order valence-corrected chi connectivity index (χ1v) is 8.31. The van der Waals surface area contributed by atoms with Crippen LogP contribution < -0.4 is 5.73 Å². The number of carbonyl (C=O) groups is 1. The third-order valence-electron chi connectivity index (χ3n) is 4.80. The van der Waals surface area contributed by atoms with Crippen LogP contribution >= 0.6 is 0 Å². The lowest BCUT2D eigenvalue weighted by Gasteiger charge is -2.12. The molecule has 3 aromatic rings. The van der Waals surface area contributed by atoms with Crippen LogP contribution in [0.5, 0.6) is 0 Å². The minimum atomic E-state index is -4.46. The zero-order chi connectivity index (χ0) is 19.5. The standard InChI is InChI=1S/C19H15F4N3O/c1-9-2-4-11(19(21,22)23)6-12(9)10-3-5-15-25-18(24)16(26(15)8-10)17(27)13-7-14(13)20/h2-6,8,13-14H,7,24H2,1H3/t13-,14+/m1/s1. The Kier molecular flexibility index (Phi) is 3.76. The summed E-state index contributed by atoms with van der Waals surface area (Å²) in [5, 5.41) is 0. The number of nitrogens with zero attached hydrogens (tertiary/aromatic N) is 2. The number of aromatic nitrogens is 2. The second-order valence-corrected chi connectivity index (χ2v) is 6.74. The minimum Gasteiger partial charge on any atom is -0.382 e. The highest BCUT2D eigenvalue weighted by Crippen LogP contribution is 2.38. The van der Waals surface area contributed by atoms with Gasteiger partial charge in [-0.05, 0) is 54.3 Å². The Balaban J connectivity index is 1.86. The van der Waals surface area contributed by atoms with Gasteiger partial charge in [0.25, 0.3) is 0 Å². The molecule has 140 valence electrons. The lowest BCUT2D eigenvalue weighted by molar-refractivity contribution is -0.137. The molecule has 0 saturated heterocycles. The first kappa shape index (κ1) is 17.5. The van der Waals surface area contributed by atoms with Crippen molar-refractivity contribution in [1.82, 2.24) is 9.38 Å². The van der Waals surface area contributed by atoms with E-state index in [9.17, 15) is 22.4 Å². The SMILES string of the molecule is Cc1ccc(C(F)(F)F)cc1-c1ccc2nc(N)c(C(=O)[C@@H]3C[C@@H]3F)n2c1. The van der Waals surface area contributed by atoms with Crippen molar-refractivity contribution in [2.75, 3.05) is 5.73 Å². The van der Waals surface area contributed by atoms with E-state index in [1.165, 1.54) is 16.7 Å². The molecule has 1 aliphatic rings. The van der Waals surface area contributed by atoms with Crippen LogP contribution in [-0.4, -0.2) is 21.3 Å². The molecule has 8 heteroatoms. The van der Waals surface area contributed by atoms with Crippen LogP contribution in [0, 0.1) is 12.8 Å². The Labute approximate surface area is 151 Å². The van der Waals surface area contributed by atoms with Crippen molar-refractivity contribution < 1.29 is 22.4 Å². The van der Waals surface area contributed by atoms with E-state index < -0.39 is 29.6 Å². The maximum atomic E-state index is 13.3. The Morgan fingerprint density at radius 2 is 1.96 bits per heavy atom. The number of ketones is 1. The monoisotopic (exact) mass is 377 g/mol. The van der Waals surface area contributed by atoms with Crippen molar-refractivity contribution in [2.24, 2.45) is 5.92 Å². The lowest BCUT2D eigenvalue weighted by Crippen LogP contribution is -2.10. The molecule has 0 spiro atoms. The summed E-state index contributed by atoms with van der Waals surface area (Å²) in [5.41, 5.74) is 7.03. The molecule has 0 radical (unpaired) electrons. The van der Waals surface area contributed by atoms with E-state index >= 15 is 0 Å². The molecular formula is C19H15F4N3O. The number of rotatable bonds is 3. The van der Waals surface area contributed by atoms with Crippen LogP contribution in [0.3, 0.4) is 0 Å². The molecule has 2 heterocycles. The van der Waals surface area contributed by atoms with Gasteiger partial charge in [-0.1, -0.05) is 6.07 Å². The second kappa shape index (κ2) is 5.80. The molecule has 2 N–H and O–H groups in total. The predicted molar refractivity (Wildman–Crippen MR) is 92.1 cm³/mol. The van der Waals surface area contributed by atoms with Gasteiger partial charge in [-0.15, -0.1) is 0 Å². The van der Waals surface area contributed by atoms with Gasteiger partial charge >= 0.3 is 6.18 Å². The van der Waals surface area contributed by atoms with Gasteiger partial charge in [-0.2, -0.15) is 13.2 Å². The van der Waals surface area contributed by atoms with Crippen molar-refractivity contribution in [3.05, 3.63) is 53.3 Å². The normalized spacial score (nSPS) is 19.4. The lowest BCUT2D eigenvalue weighted by atomic mass is 9.99. The number of hydrogen-bond acceptors (Lipinski definition) is 3. The molecule has 0 unspecified atom stereocenters. The van der Waals surface area contributed by atoms with Gasteiger partial charge in [0.2, 0.25) is 0 Å². The van der Waals surface area contributed by atoms with Crippen LogP contribution in [0.15, 0.2) is 36.5 Å². The molecule has 4 nitrogen and oxygen atoms in total. The maximum absolute atomic E-state index is 13.3. The van der Waals surface area contributed by atoms with Crippen molar-refractivity contribution in [3.63, 3.8) is 0 Å². The Hall–Kier alpha value is -2.90. The van der Waals surface area contributed by atoms with Crippen LogP contribution in [0.4, 0.5) is 23.4 Å². The first-order valence-electron chi connectivity index (χ1n) is 8.31. The highest BCUT2D eigenvalue weighted by atomic mass is 19.4. The number of Topliss-reactive ketones (excluding diaryl/α,β-unsaturated/α-hetero) is 1. The number of aryl methyl sites for hydroxylation is 1. The Bertz CT molecular complexity index is 1070. The van der Waals surface area contributed by atoms with Crippen molar-refractivity contribution in [1.29, 1.82) is 0 Å². The number of imidazole rings is 1. The van der Waals surface area contributed by atoms with E-state index in [0.717, 1.165) is 12.1 Å². The number of carbonyl (C=O) groups excluding carboxylic acids is 1. The number of hydrogen-bond donors (Lipinski definition) is 1. The van der Waals surface area contributed by atoms with Crippen LogP contribution in [0.25, 0.3) is 16.8 Å². The Morgan fingerprint density at radius 1 is 1.26 bits per heavy atom. The fourth-order valence-electron chi connectivity index (χ4n) is 3.19. The summed E-state index contributed by atoms with van der Waals surface area (Å²) in [5.74, 6) is -1.19. The number of anilines is 1. The fraction of sp³-hybridized carbons (Fsp3) is 0.263. The molecule has 2 atom stereocenters. The summed E-state index contributed by atoms with van der Waals surface area (Å²) in [7, 11) is 0. The smallest absolute Gasteiger partial charge is 0.382 e. The molecule has 1 fully saturated rings. The third kappa shape index (κ3) is 2.94. The number of fused-ring (bicyclic) bond motifs is 1. The average molecular weight is 377 g/mol. The van der Waals surface area contributed by atoms with E-state index in [0.29, 0.717) is 22.3 Å². The average Bonchev–Trinajstić information content (AvgIpc) is 3.23. The highest BCUT2D eigenvalue weighted by Gasteiger charge is 2.45. The number of halogens is 4. The van der Waals surface area contributed by atoms with E-state index in [4.69, 9.17) is 5.73 Å². The number of alkyl halides is 4. The van der Waals surface area contributed by atoms with Crippen LogP contribution in [0.2, 0.25) is 0 Å². The van der Waals surface area contributed by atoms with Crippen LogP contribution in [0.1, 0.15) is 28.0 Å². The number of benzene rings is 1.